The van der Waals surface area contributed by atoms with Crippen molar-refractivity contribution < 1.29 is 0 Å². The van der Waals surface area contributed by atoms with Gasteiger partial charge < -0.3 is 0 Å². The van der Waals surface area contributed by atoms with Gasteiger partial charge in [0, 0.05) is 12.4 Å². The number of thiophene rings is 1. The Bertz CT molecular complexity index is 439. The number of hydrogen-bond donors (Lipinski definition) is 2. The number of aryl methyl sites for hydroxylation is 1. The highest BCUT2D eigenvalue weighted by Crippen LogP contribution is 2.23. The van der Waals surface area contributed by atoms with Gasteiger partial charge in [-0.25, -0.2) is 0 Å². The first-order valence-electron chi connectivity index (χ1n) is 5.19. The van der Waals surface area contributed by atoms with E-state index in [-0.39, 0.29) is 6.04 Å². The largest absolute Gasteiger partial charge is 0.271 e. The summed E-state index contributed by atoms with van der Waals surface area (Å²) in [4.78, 5) is 4.11. The first kappa shape index (κ1) is 11.3. The second-order valence-electron chi connectivity index (χ2n) is 3.79. The van der Waals surface area contributed by atoms with E-state index in [2.05, 4.69) is 34.2 Å². The van der Waals surface area contributed by atoms with Crippen LogP contribution < -0.4 is 11.3 Å². The molecule has 0 fully saturated rings. The summed E-state index contributed by atoms with van der Waals surface area (Å²) >= 11 is 1.71. The lowest BCUT2D eigenvalue weighted by Crippen LogP contribution is -2.29. The van der Waals surface area contributed by atoms with E-state index in [4.69, 9.17) is 5.84 Å². The molecule has 0 amide bonds. The van der Waals surface area contributed by atoms with Gasteiger partial charge in [0.2, 0.25) is 0 Å². The topological polar surface area (TPSA) is 50.9 Å². The molecule has 0 aliphatic heterocycles. The molecule has 0 bridgehead atoms. The van der Waals surface area contributed by atoms with Gasteiger partial charge >= 0.3 is 0 Å². The van der Waals surface area contributed by atoms with Crippen LogP contribution in [0.3, 0.4) is 0 Å². The molecule has 4 heteroatoms. The highest BCUT2D eigenvalue weighted by atomic mass is 32.1. The SMILES string of the molecule is Cc1cscc1C(Cc1cccnc1)NN. The number of rotatable bonds is 4. The van der Waals surface area contributed by atoms with E-state index < -0.39 is 0 Å². The predicted octanol–water partition coefficient (Wildman–Crippen LogP) is 2.20. The third-order valence-corrected chi connectivity index (χ3v) is 3.51. The lowest BCUT2D eigenvalue weighted by Gasteiger charge is -2.15. The quantitative estimate of drug-likeness (QED) is 0.629. The predicted molar refractivity (Wildman–Crippen MR) is 67.1 cm³/mol. The Morgan fingerprint density at radius 1 is 1.50 bits per heavy atom. The zero-order valence-corrected chi connectivity index (χ0v) is 10.00. The van der Waals surface area contributed by atoms with Crippen LogP contribution in [0.2, 0.25) is 0 Å². The maximum Gasteiger partial charge on any atom is 0.0511 e. The van der Waals surface area contributed by atoms with Crippen LogP contribution in [0.4, 0.5) is 0 Å². The van der Waals surface area contributed by atoms with Gasteiger partial charge in [-0.15, -0.1) is 0 Å². The van der Waals surface area contributed by atoms with Crippen LogP contribution in [-0.4, -0.2) is 4.98 Å². The van der Waals surface area contributed by atoms with Crippen molar-refractivity contribution in [2.45, 2.75) is 19.4 Å². The van der Waals surface area contributed by atoms with E-state index in [1.54, 1.807) is 17.5 Å². The molecule has 0 saturated carbocycles. The summed E-state index contributed by atoms with van der Waals surface area (Å²) in [6.07, 6.45) is 4.53. The van der Waals surface area contributed by atoms with Gasteiger partial charge in [-0.1, -0.05) is 6.07 Å². The van der Waals surface area contributed by atoms with Gasteiger partial charge in [-0.05, 0) is 46.9 Å². The fourth-order valence-electron chi connectivity index (χ4n) is 1.74. The molecule has 1 unspecified atom stereocenters. The number of nitrogens with two attached hydrogens (primary N) is 1. The van der Waals surface area contributed by atoms with Gasteiger partial charge in [0.15, 0.2) is 0 Å². The second kappa shape index (κ2) is 5.21. The van der Waals surface area contributed by atoms with Gasteiger partial charge in [-0.3, -0.25) is 16.3 Å². The summed E-state index contributed by atoms with van der Waals surface area (Å²) in [6, 6.07) is 4.18. The van der Waals surface area contributed by atoms with Crippen molar-refractivity contribution in [3.8, 4) is 0 Å². The first-order chi connectivity index (χ1) is 7.81. The number of nitrogens with zero attached hydrogens (tertiary/aromatic N) is 1. The minimum Gasteiger partial charge on any atom is -0.271 e. The molecule has 3 nitrogen and oxygen atoms in total. The van der Waals surface area contributed by atoms with Crippen LogP contribution in [-0.2, 0) is 6.42 Å². The molecule has 0 spiro atoms. The monoisotopic (exact) mass is 233 g/mol. The highest BCUT2D eigenvalue weighted by molar-refractivity contribution is 7.08. The summed E-state index contributed by atoms with van der Waals surface area (Å²) in [5.41, 5.74) is 6.63. The molecule has 2 rings (SSSR count). The number of pyridine rings is 1. The molecule has 2 aromatic rings. The Morgan fingerprint density at radius 2 is 2.38 bits per heavy atom. The smallest absolute Gasteiger partial charge is 0.0511 e. The van der Waals surface area contributed by atoms with Crippen molar-refractivity contribution in [2.75, 3.05) is 0 Å². The lowest BCUT2D eigenvalue weighted by molar-refractivity contribution is 0.550. The molecular formula is C12H15N3S. The van der Waals surface area contributed by atoms with Crippen molar-refractivity contribution in [2.24, 2.45) is 5.84 Å². The van der Waals surface area contributed by atoms with Gasteiger partial charge in [0.1, 0.15) is 0 Å². The van der Waals surface area contributed by atoms with Crippen LogP contribution in [0.1, 0.15) is 22.7 Å². The average Bonchev–Trinajstić information content (AvgIpc) is 2.74. The minimum atomic E-state index is 0.162. The molecule has 1 atom stereocenters. The summed E-state index contributed by atoms with van der Waals surface area (Å²) in [5, 5.41) is 4.29. The van der Waals surface area contributed by atoms with E-state index in [1.807, 2.05) is 12.3 Å². The zero-order valence-electron chi connectivity index (χ0n) is 9.18. The minimum absolute atomic E-state index is 0.162. The Morgan fingerprint density at radius 3 is 2.94 bits per heavy atom. The average molecular weight is 233 g/mol. The molecule has 2 aromatic heterocycles. The van der Waals surface area contributed by atoms with E-state index in [1.165, 1.54) is 16.7 Å². The molecule has 0 saturated heterocycles. The third kappa shape index (κ3) is 2.47. The Labute approximate surface area is 99.3 Å². The van der Waals surface area contributed by atoms with E-state index in [0.29, 0.717) is 0 Å². The van der Waals surface area contributed by atoms with Crippen LogP contribution in [0.25, 0.3) is 0 Å². The maximum absolute atomic E-state index is 5.61. The fourth-order valence-corrected chi connectivity index (χ4v) is 2.65. The molecule has 84 valence electrons. The third-order valence-electron chi connectivity index (χ3n) is 2.63. The molecule has 0 aromatic carbocycles. The number of aromatic nitrogens is 1. The standard InChI is InChI=1S/C12H15N3S/c1-9-7-16-8-11(9)12(15-13)5-10-3-2-4-14-6-10/h2-4,6-8,12,15H,5,13H2,1H3. The van der Waals surface area contributed by atoms with Crippen LogP contribution in [0.15, 0.2) is 35.3 Å². The van der Waals surface area contributed by atoms with Crippen molar-refractivity contribution in [3.63, 3.8) is 0 Å². The Kier molecular flexibility index (Phi) is 3.66. The summed E-state index contributed by atoms with van der Waals surface area (Å²) in [7, 11) is 0. The van der Waals surface area contributed by atoms with Crippen LogP contribution >= 0.6 is 11.3 Å². The molecule has 16 heavy (non-hydrogen) atoms. The van der Waals surface area contributed by atoms with Crippen molar-refractivity contribution >= 4 is 11.3 Å². The number of hydrazine groups is 1. The number of nitrogens with one attached hydrogen (secondary N) is 1. The highest BCUT2D eigenvalue weighted by Gasteiger charge is 2.13. The summed E-state index contributed by atoms with van der Waals surface area (Å²) < 4.78 is 0. The lowest BCUT2D eigenvalue weighted by atomic mass is 10.0. The van der Waals surface area contributed by atoms with E-state index in [0.717, 1.165) is 6.42 Å². The normalized spacial score (nSPS) is 12.6. The molecule has 0 radical (unpaired) electrons. The van der Waals surface area contributed by atoms with Crippen LogP contribution in [0, 0.1) is 6.92 Å². The second-order valence-corrected chi connectivity index (χ2v) is 4.54. The Hall–Kier alpha value is -1.23. The van der Waals surface area contributed by atoms with Crippen LogP contribution in [0.5, 0.6) is 0 Å². The van der Waals surface area contributed by atoms with Gasteiger partial charge in [0.25, 0.3) is 0 Å². The van der Waals surface area contributed by atoms with E-state index >= 15 is 0 Å². The van der Waals surface area contributed by atoms with Gasteiger partial charge in [-0.2, -0.15) is 11.3 Å². The summed E-state index contributed by atoms with van der Waals surface area (Å²) in [6.45, 7) is 2.11. The molecule has 0 aliphatic carbocycles. The summed E-state index contributed by atoms with van der Waals surface area (Å²) in [5.74, 6) is 5.61. The van der Waals surface area contributed by atoms with Gasteiger partial charge in [0.05, 0.1) is 6.04 Å². The molecule has 3 N–H and O–H groups in total. The Balaban J connectivity index is 2.16. The molecular weight excluding hydrogens is 218 g/mol. The molecule has 0 aliphatic rings. The van der Waals surface area contributed by atoms with Crippen molar-refractivity contribution in [3.05, 3.63) is 52.0 Å². The maximum atomic E-state index is 5.61. The van der Waals surface area contributed by atoms with Crippen molar-refractivity contribution in [1.82, 2.24) is 10.4 Å². The first-order valence-corrected chi connectivity index (χ1v) is 6.13. The van der Waals surface area contributed by atoms with E-state index in [9.17, 15) is 0 Å². The molecule has 2 heterocycles. The zero-order chi connectivity index (χ0) is 11.4. The van der Waals surface area contributed by atoms with Crippen molar-refractivity contribution in [1.29, 1.82) is 0 Å². The number of hydrogen-bond acceptors (Lipinski definition) is 4. The fraction of sp³-hybridized carbons (Fsp3) is 0.250.